The zero-order chi connectivity index (χ0) is 28.2. The monoisotopic (exact) mass is 546 g/mol. The fourth-order valence-electron chi connectivity index (χ4n) is 5.42. The quantitative estimate of drug-likeness (QED) is 0.539. The fraction of sp³-hybridized carbons (Fsp3) is 0.571. The van der Waals surface area contributed by atoms with Crippen LogP contribution in [-0.2, 0) is 17.4 Å². The summed E-state index contributed by atoms with van der Waals surface area (Å²) >= 11 is 0. The Labute approximate surface area is 227 Å². The number of halogens is 3. The number of carbonyl (C=O) groups is 2. The minimum absolute atomic E-state index is 0.0419. The standard InChI is InChI=1S/C28H37F3N6O2/c1-35(2)26(39)22-8-6-4-5-7-20(22)17-24-23(28(29,30)31)18-32-27(34-24)33-21-11-9-19(10-12-21)25(38)37-15-13-36(3)14-16-37/h9-12,18,20,22H,4-8,13-17H2,1-3H3,(H,32,33,34)/t20-,22-/m0/s1. The lowest BCUT2D eigenvalue weighted by Crippen LogP contribution is -2.47. The second-order valence-electron chi connectivity index (χ2n) is 10.8. The molecule has 2 fully saturated rings. The summed E-state index contributed by atoms with van der Waals surface area (Å²) in [6, 6.07) is 6.77. The Kier molecular flexibility index (Phi) is 9.09. The van der Waals surface area contributed by atoms with Crippen LogP contribution >= 0.6 is 0 Å². The van der Waals surface area contributed by atoms with E-state index >= 15 is 0 Å². The Morgan fingerprint density at radius 3 is 2.33 bits per heavy atom. The summed E-state index contributed by atoms with van der Waals surface area (Å²) in [7, 11) is 5.39. The van der Waals surface area contributed by atoms with E-state index in [1.54, 1.807) is 38.4 Å². The van der Waals surface area contributed by atoms with Crippen molar-refractivity contribution in [3.05, 3.63) is 47.3 Å². The molecule has 39 heavy (non-hydrogen) atoms. The van der Waals surface area contributed by atoms with E-state index in [4.69, 9.17) is 0 Å². The van der Waals surface area contributed by atoms with Crippen LogP contribution in [0.5, 0.6) is 0 Å². The number of nitrogens with one attached hydrogen (secondary N) is 1. The molecule has 1 saturated carbocycles. The number of carbonyl (C=O) groups excluding carboxylic acids is 2. The highest BCUT2D eigenvalue weighted by molar-refractivity contribution is 5.94. The number of alkyl halides is 3. The zero-order valence-corrected chi connectivity index (χ0v) is 22.8. The highest BCUT2D eigenvalue weighted by Gasteiger charge is 2.38. The minimum Gasteiger partial charge on any atom is -0.349 e. The molecule has 2 heterocycles. The normalized spacial score (nSPS) is 20.8. The molecule has 212 valence electrons. The Bertz CT molecular complexity index is 1150. The van der Waals surface area contributed by atoms with Gasteiger partial charge in [0, 0.05) is 63.6 Å². The van der Waals surface area contributed by atoms with Gasteiger partial charge in [0.1, 0.15) is 0 Å². The van der Waals surface area contributed by atoms with Crippen LogP contribution in [0.2, 0.25) is 0 Å². The van der Waals surface area contributed by atoms with Crippen LogP contribution in [-0.4, -0.2) is 83.8 Å². The zero-order valence-electron chi connectivity index (χ0n) is 22.8. The van der Waals surface area contributed by atoms with Crippen molar-refractivity contribution in [3.63, 3.8) is 0 Å². The van der Waals surface area contributed by atoms with Gasteiger partial charge >= 0.3 is 6.18 Å². The smallest absolute Gasteiger partial charge is 0.349 e. The van der Waals surface area contributed by atoms with E-state index in [0.29, 0.717) is 37.2 Å². The molecule has 2 amide bonds. The number of anilines is 2. The number of rotatable bonds is 6. The van der Waals surface area contributed by atoms with Crippen molar-refractivity contribution >= 4 is 23.5 Å². The first-order chi connectivity index (χ1) is 18.5. The molecule has 1 aliphatic heterocycles. The molecule has 2 aliphatic rings. The Morgan fingerprint density at radius 2 is 1.69 bits per heavy atom. The molecule has 0 unspecified atom stereocenters. The highest BCUT2D eigenvalue weighted by atomic mass is 19.4. The van der Waals surface area contributed by atoms with Crippen molar-refractivity contribution in [2.75, 3.05) is 52.6 Å². The molecule has 2 aromatic rings. The summed E-state index contributed by atoms with van der Waals surface area (Å²) < 4.78 is 41.7. The predicted molar refractivity (Wildman–Crippen MR) is 143 cm³/mol. The first kappa shape index (κ1) is 28.8. The van der Waals surface area contributed by atoms with Gasteiger partial charge in [-0.2, -0.15) is 13.2 Å². The van der Waals surface area contributed by atoms with Crippen molar-refractivity contribution in [1.29, 1.82) is 0 Å². The number of aromatic nitrogens is 2. The van der Waals surface area contributed by atoms with E-state index in [-0.39, 0.29) is 41.7 Å². The predicted octanol–water partition coefficient (Wildman–Crippen LogP) is 4.45. The number of benzene rings is 1. The molecule has 2 atom stereocenters. The van der Waals surface area contributed by atoms with Crippen LogP contribution in [0.3, 0.4) is 0 Å². The molecule has 4 rings (SSSR count). The average Bonchev–Trinajstić information content (AvgIpc) is 3.13. The van der Waals surface area contributed by atoms with E-state index in [2.05, 4.69) is 20.2 Å². The Balaban J connectivity index is 1.53. The van der Waals surface area contributed by atoms with Crippen LogP contribution < -0.4 is 5.32 Å². The lowest BCUT2D eigenvalue weighted by Gasteiger charge is -2.32. The maximum atomic E-state index is 13.9. The maximum absolute atomic E-state index is 13.9. The maximum Gasteiger partial charge on any atom is 0.419 e. The van der Waals surface area contributed by atoms with Crippen LogP contribution in [0.15, 0.2) is 30.5 Å². The van der Waals surface area contributed by atoms with Crippen LogP contribution in [0.1, 0.15) is 53.7 Å². The summed E-state index contributed by atoms with van der Waals surface area (Å²) in [6.07, 6.45) is 0.323. The third-order valence-electron chi connectivity index (χ3n) is 7.72. The van der Waals surface area contributed by atoms with Gasteiger partial charge in [-0.05, 0) is 56.5 Å². The van der Waals surface area contributed by atoms with Crippen LogP contribution in [0.25, 0.3) is 0 Å². The third kappa shape index (κ3) is 7.26. The van der Waals surface area contributed by atoms with Crippen molar-refractivity contribution < 1.29 is 22.8 Å². The van der Waals surface area contributed by atoms with Gasteiger partial charge in [0.2, 0.25) is 11.9 Å². The number of likely N-dealkylation sites (N-methyl/N-ethyl adjacent to an activating group) is 1. The number of hydrogen-bond donors (Lipinski definition) is 1. The molecular weight excluding hydrogens is 509 g/mol. The second-order valence-corrected chi connectivity index (χ2v) is 10.8. The largest absolute Gasteiger partial charge is 0.419 e. The van der Waals surface area contributed by atoms with E-state index in [0.717, 1.165) is 38.5 Å². The van der Waals surface area contributed by atoms with Gasteiger partial charge < -0.3 is 20.0 Å². The molecule has 0 radical (unpaired) electrons. The highest BCUT2D eigenvalue weighted by Crippen LogP contribution is 2.37. The van der Waals surface area contributed by atoms with Crippen molar-refractivity contribution in [3.8, 4) is 0 Å². The van der Waals surface area contributed by atoms with Gasteiger partial charge in [0.15, 0.2) is 0 Å². The average molecular weight is 547 g/mol. The first-order valence-electron chi connectivity index (χ1n) is 13.5. The van der Waals surface area contributed by atoms with Gasteiger partial charge in [-0.15, -0.1) is 0 Å². The molecule has 1 aromatic heterocycles. The Hall–Kier alpha value is -3.21. The molecule has 1 aliphatic carbocycles. The third-order valence-corrected chi connectivity index (χ3v) is 7.72. The lowest BCUT2D eigenvalue weighted by atomic mass is 9.83. The van der Waals surface area contributed by atoms with Crippen LogP contribution in [0.4, 0.5) is 24.8 Å². The summed E-state index contributed by atoms with van der Waals surface area (Å²) in [5, 5.41) is 2.98. The lowest BCUT2D eigenvalue weighted by molar-refractivity contribution is -0.138. The molecular formula is C28H37F3N6O2. The molecule has 0 bridgehead atoms. The van der Waals surface area contributed by atoms with Gasteiger partial charge in [-0.3, -0.25) is 9.59 Å². The van der Waals surface area contributed by atoms with Crippen LogP contribution in [0, 0.1) is 11.8 Å². The number of nitrogens with zero attached hydrogens (tertiary/aromatic N) is 5. The van der Waals surface area contributed by atoms with Crippen molar-refractivity contribution in [2.45, 2.75) is 44.7 Å². The Morgan fingerprint density at radius 1 is 1.03 bits per heavy atom. The molecule has 11 heteroatoms. The topological polar surface area (TPSA) is 81.7 Å². The molecule has 8 nitrogen and oxygen atoms in total. The van der Waals surface area contributed by atoms with E-state index < -0.39 is 11.7 Å². The molecule has 1 saturated heterocycles. The minimum atomic E-state index is -4.61. The van der Waals surface area contributed by atoms with Gasteiger partial charge in [-0.1, -0.05) is 19.3 Å². The summed E-state index contributed by atoms with van der Waals surface area (Å²) in [5.74, 6) is -0.617. The van der Waals surface area contributed by atoms with Crippen molar-refractivity contribution in [1.82, 2.24) is 24.7 Å². The number of piperazine rings is 1. The molecule has 1 N–H and O–H groups in total. The van der Waals surface area contributed by atoms with Gasteiger partial charge in [-0.25, -0.2) is 9.97 Å². The number of amides is 2. The van der Waals surface area contributed by atoms with E-state index in [9.17, 15) is 22.8 Å². The van der Waals surface area contributed by atoms with E-state index in [1.807, 2.05) is 11.9 Å². The molecule has 0 spiro atoms. The molecule has 1 aromatic carbocycles. The summed E-state index contributed by atoms with van der Waals surface area (Å²) in [4.78, 5) is 39.4. The second kappa shape index (κ2) is 12.3. The number of hydrogen-bond acceptors (Lipinski definition) is 6. The van der Waals surface area contributed by atoms with Gasteiger partial charge in [0.05, 0.1) is 11.3 Å². The SMILES string of the molecule is CN1CCN(C(=O)c2ccc(Nc3ncc(C(F)(F)F)c(C[C@@H]4CCCCC[C@@H]4C(=O)N(C)C)n3)cc2)CC1. The van der Waals surface area contributed by atoms with Crippen molar-refractivity contribution in [2.24, 2.45) is 11.8 Å². The summed E-state index contributed by atoms with van der Waals surface area (Å²) in [6.45, 7) is 2.98. The summed E-state index contributed by atoms with van der Waals surface area (Å²) in [5.41, 5.74) is 0.127. The fourth-order valence-corrected chi connectivity index (χ4v) is 5.42. The first-order valence-corrected chi connectivity index (χ1v) is 13.5. The van der Waals surface area contributed by atoms with E-state index in [1.165, 1.54) is 4.90 Å². The van der Waals surface area contributed by atoms with Gasteiger partial charge in [0.25, 0.3) is 5.91 Å².